The smallest absolute Gasteiger partial charge is 0.323 e. The van der Waals surface area contributed by atoms with Gasteiger partial charge in [0, 0.05) is 12.9 Å². The highest BCUT2D eigenvalue weighted by Gasteiger charge is 2.43. The predicted octanol–water partition coefficient (Wildman–Crippen LogP) is 2.58. The Balaban J connectivity index is 1.96. The molecule has 17 heavy (non-hydrogen) atoms. The van der Waals surface area contributed by atoms with E-state index in [1.54, 1.807) is 18.9 Å². The summed E-state index contributed by atoms with van der Waals surface area (Å²) in [6, 6.07) is 10.1. The molecule has 1 aliphatic heterocycles. The Kier molecular flexibility index (Phi) is 4.48. The summed E-state index contributed by atoms with van der Waals surface area (Å²) in [7, 11) is 1.55. The van der Waals surface area contributed by atoms with E-state index in [4.69, 9.17) is 9.47 Å². The molecule has 1 aliphatic rings. The van der Waals surface area contributed by atoms with Crippen molar-refractivity contribution < 1.29 is 14.3 Å². The summed E-state index contributed by atoms with van der Waals surface area (Å²) in [4.78, 5) is 11.1. The Labute approximate surface area is 113 Å². The van der Waals surface area contributed by atoms with Crippen LogP contribution in [0.3, 0.4) is 0 Å². The first-order chi connectivity index (χ1) is 8.22. The molecule has 1 fully saturated rings. The Bertz CT molecular complexity index is 385. The molecule has 0 radical (unpaired) electrons. The van der Waals surface area contributed by atoms with Crippen LogP contribution in [0.1, 0.15) is 5.56 Å². The van der Waals surface area contributed by atoms with E-state index in [0.717, 1.165) is 5.75 Å². The maximum atomic E-state index is 11.4. The zero-order chi connectivity index (χ0) is 12.3. The molecule has 92 valence electrons. The third-order valence-corrected chi connectivity index (χ3v) is 5.20. The minimum atomic E-state index is -0.458. The van der Waals surface area contributed by atoms with Gasteiger partial charge in [-0.1, -0.05) is 46.3 Å². The van der Waals surface area contributed by atoms with Gasteiger partial charge in [-0.05, 0) is 5.56 Å². The van der Waals surface area contributed by atoms with E-state index in [-0.39, 0.29) is 16.0 Å². The molecule has 0 aliphatic carbocycles. The van der Waals surface area contributed by atoms with Crippen molar-refractivity contribution in [3.8, 4) is 0 Å². The van der Waals surface area contributed by atoms with Crippen LogP contribution in [0.2, 0.25) is 0 Å². The van der Waals surface area contributed by atoms with Crippen molar-refractivity contribution in [3.63, 3.8) is 0 Å². The van der Waals surface area contributed by atoms with Crippen LogP contribution in [-0.4, -0.2) is 29.4 Å². The summed E-state index contributed by atoms with van der Waals surface area (Å²) in [5.41, 5.74) is 1.23. The summed E-state index contributed by atoms with van der Waals surface area (Å²) in [5.74, 6) is 0.590. The van der Waals surface area contributed by atoms with Crippen LogP contribution < -0.4 is 0 Å². The number of hydrogen-bond donors (Lipinski definition) is 0. The molecule has 1 aromatic rings. The molecule has 1 aromatic carbocycles. The number of carbonyl (C=O) groups is 1. The van der Waals surface area contributed by atoms with Crippen molar-refractivity contribution in [1.82, 2.24) is 0 Å². The lowest BCUT2D eigenvalue weighted by atomic mass is 10.2. The Hall–Kier alpha value is -0.520. The topological polar surface area (TPSA) is 35.5 Å². The molecule has 0 bridgehead atoms. The van der Waals surface area contributed by atoms with Crippen LogP contribution in [0.15, 0.2) is 30.3 Å². The second-order valence-electron chi connectivity index (χ2n) is 3.70. The van der Waals surface area contributed by atoms with Crippen molar-refractivity contribution in [2.75, 3.05) is 7.11 Å². The van der Waals surface area contributed by atoms with E-state index in [1.807, 2.05) is 18.2 Å². The number of rotatable bonds is 4. The van der Waals surface area contributed by atoms with E-state index in [9.17, 15) is 4.79 Å². The number of ether oxygens (including phenoxy) is 2. The van der Waals surface area contributed by atoms with Gasteiger partial charge in [-0.15, -0.1) is 11.8 Å². The van der Waals surface area contributed by atoms with Gasteiger partial charge >= 0.3 is 5.97 Å². The van der Waals surface area contributed by atoms with Crippen LogP contribution in [0.25, 0.3) is 0 Å². The van der Waals surface area contributed by atoms with Crippen LogP contribution in [0, 0.1) is 0 Å². The van der Waals surface area contributed by atoms with Crippen LogP contribution in [0.4, 0.5) is 0 Å². The van der Waals surface area contributed by atoms with E-state index in [2.05, 4.69) is 28.1 Å². The van der Waals surface area contributed by atoms with Crippen molar-refractivity contribution in [2.45, 2.75) is 22.1 Å². The first-order valence-electron chi connectivity index (χ1n) is 5.25. The monoisotopic (exact) mass is 316 g/mol. The van der Waals surface area contributed by atoms with Crippen molar-refractivity contribution in [1.29, 1.82) is 0 Å². The highest BCUT2D eigenvalue weighted by Crippen LogP contribution is 2.34. The van der Waals surface area contributed by atoms with Gasteiger partial charge in [-0.25, -0.2) is 0 Å². The molecule has 0 amide bonds. The maximum absolute atomic E-state index is 11.4. The van der Waals surface area contributed by atoms with Gasteiger partial charge in [0.15, 0.2) is 0 Å². The average molecular weight is 317 g/mol. The third kappa shape index (κ3) is 3.03. The lowest BCUT2D eigenvalue weighted by molar-refractivity contribution is -0.157. The molecular weight excluding hydrogens is 304 g/mol. The molecule has 1 saturated heterocycles. The molecule has 0 N–H and O–H groups in total. The van der Waals surface area contributed by atoms with Crippen LogP contribution >= 0.6 is 27.7 Å². The van der Waals surface area contributed by atoms with Crippen LogP contribution in [-0.2, 0) is 20.0 Å². The second kappa shape index (κ2) is 5.89. The standard InChI is InChI=1S/C12H13BrO3S/c1-15-12-10(9(13)11(14)16-12)17-7-8-5-3-2-4-6-8/h2-6,9-10,12H,7H2,1H3. The quantitative estimate of drug-likeness (QED) is 0.632. The lowest BCUT2D eigenvalue weighted by Gasteiger charge is -2.16. The molecule has 0 saturated carbocycles. The van der Waals surface area contributed by atoms with Gasteiger partial charge in [-0.2, -0.15) is 0 Å². The molecule has 3 unspecified atom stereocenters. The lowest BCUT2D eigenvalue weighted by Crippen LogP contribution is -2.25. The minimum absolute atomic E-state index is 0.00675. The molecule has 0 spiro atoms. The highest BCUT2D eigenvalue weighted by molar-refractivity contribution is 9.10. The summed E-state index contributed by atoms with van der Waals surface area (Å²) < 4.78 is 10.3. The molecule has 3 nitrogen and oxygen atoms in total. The first kappa shape index (κ1) is 12.9. The fourth-order valence-electron chi connectivity index (χ4n) is 1.63. The number of cyclic esters (lactones) is 1. The van der Waals surface area contributed by atoms with Gasteiger partial charge in [0.05, 0.1) is 5.25 Å². The normalized spacial score (nSPS) is 28.1. The molecule has 3 atom stereocenters. The van der Waals surface area contributed by atoms with Crippen molar-refractivity contribution in [2.24, 2.45) is 0 Å². The maximum Gasteiger partial charge on any atom is 0.323 e. The second-order valence-corrected chi connectivity index (χ2v) is 5.86. The number of methoxy groups -OCH3 is 1. The minimum Gasteiger partial charge on any atom is -0.434 e. The fraction of sp³-hybridized carbons (Fsp3) is 0.417. The molecule has 5 heteroatoms. The Morgan fingerprint density at radius 1 is 1.41 bits per heavy atom. The van der Waals surface area contributed by atoms with Crippen molar-refractivity contribution >= 4 is 33.7 Å². The molecular formula is C12H13BrO3S. The van der Waals surface area contributed by atoms with Gasteiger partial charge in [0.25, 0.3) is 0 Å². The summed E-state index contributed by atoms with van der Waals surface area (Å²) in [6.07, 6.45) is -0.458. The van der Waals surface area contributed by atoms with E-state index in [0.29, 0.717) is 0 Å². The zero-order valence-corrected chi connectivity index (χ0v) is 11.7. The predicted molar refractivity (Wildman–Crippen MR) is 71.1 cm³/mol. The largest absolute Gasteiger partial charge is 0.434 e. The summed E-state index contributed by atoms with van der Waals surface area (Å²) >= 11 is 5.01. The third-order valence-electron chi connectivity index (χ3n) is 2.53. The van der Waals surface area contributed by atoms with E-state index in [1.165, 1.54) is 5.56 Å². The van der Waals surface area contributed by atoms with Gasteiger partial charge < -0.3 is 9.47 Å². The Morgan fingerprint density at radius 2 is 2.12 bits per heavy atom. The summed E-state index contributed by atoms with van der Waals surface area (Å²) in [5, 5.41) is -0.00675. The van der Waals surface area contributed by atoms with Gasteiger partial charge in [-0.3, -0.25) is 4.79 Å². The fourth-order valence-corrected chi connectivity index (χ4v) is 3.63. The molecule has 2 rings (SSSR count). The van der Waals surface area contributed by atoms with Gasteiger partial charge in [0.1, 0.15) is 4.83 Å². The first-order valence-corrected chi connectivity index (χ1v) is 7.21. The van der Waals surface area contributed by atoms with Crippen molar-refractivity contribution in [3.05, 3.63) is 35.9 Å². The number of halogens is 1. The van der Waals surface area contributed by atoms with E-state index < -0.39 is 6.29 Å². The zero-order valence-electron chi connectivity index (χ0n) is 9.34. The number of alkyl halides is 1. The summed E-state index contributed by atoms with van der Waals surface area (Å²) in [6.45, 7) is 0. The molecule has 1 heterocycles. The SMILES string of the molecule is COC1OC(=O)C(Br)C1SCc1ccccc1. The van der Waals surface area contributed by atoms with Crippen LogP contribution in [0.5, 0.6) is 0 Å². The number of hydrogen-bond acceptors (Lipinski definition) is 4. The average Bonchev–Trinajstić information content (AvgIpc) is 2.64. The number of esters is 1. The number of carbonyl (C=O) groups excluding carboxylic acids is 1. The molecule has 0 aromatic heterocycles. The van der Waals surface area contributed by atoms with E-state index >= 15 is 0 Å². The number of benzene rings is 1. The Morgan fingerprint density at radius 3 is 2.76 bits per heavy atom. The highest BCUT2D eigenvalue weighted by atomic mass is 79.9. The van der Waals surface area contributed by atoms with Gasteiger partial charge in [0.2, 0.25) is 6.29 Å². The number of thioether (sulfide) groups is 1.